The lowest BCUT2D eigenvalue weighted by molar-refractivity contribution is 0.0982. The van der Waals surface area contributed by atoms with Gasteiger partial charge >= 0.3 is 0 Å². The number of rotatable bonds is 5. The molecule has 7 nitrogen and oxygen atoms in total. The van der Waals surface area contributed by atoms with Gasteiger partial charge in [-0.2, -0.15) is 5.10 Å². The van der Waals surface area contributed by atoms with Gasteiger partial charge in [0.2, 0.25) is 10.0 Å². The summed E-state index contributed by atoms with van der Waals surface area (Å²) in [5.74, 6) is -1.78. The highest BCUT2D eigenvalue weighted by Gasteiger charge is 2.64. The topological polar surface area (TPSA) is 83.8 Å². The average Bonchev–Trinajstić information content (AvgIpc) is 3.11. The summed E-state index contributed by atoms with van der Waals surface area (Å²) in [5, 5.41) is 4.07. The van der Waals surface area contributed by atoms with Crippen LogP contribution in [0.1, 0.15) is 48.1 Å². The van der Waals surface area contributed by atoms with Crippen LogP contribution in [-0.2, 0) is 10.0 Å². The molecule has 1 saturated heterocycles. The summed E-state index contributed by atoms with van der Waals surface area (Å²) in [5.41, 5.74) is 0.902. The maximum Gasteiger partial charge on any atom is 0.268 e. The van der Waals surface area contributed by atoms with Crippen LogP contribution in [0.25, 0.3) is 5.52 Å². The Morgan fingerprint density at radius 2 is 2.06 bits per heavy atom. The summed E-state index contributed by atoms with van der Waals surface area (Å²) >= 11 is 0. The van der Waals surface area contributed by atoms with Crippen molar-refractivity contribution in [1.29, 1.82) is 0 Å². The molecule has 3 atom stereocenters. The van der Waals surface area contributed by atoms with Crippen molar-refractivity contribution >= 4 is 21.4 Å². The largest absolute Gasteiger partial charge is 0.292 e. The number of nitrogens with zero attached hydrogens (tertiary/aromatic N) is 3. The predicted octanol–water partition coefficient (Wildman–Crippen LogP) is 3.04. The molecular formula is C22H22F2N4O3S. The maximum atomic E-state index is 14.4. The van der Waals surface area contributed by atoms with Crippen molar-refractivity contribution in [1.82, 2.24) is 19.2 Å². The number of sulfonamides is 1. The van der Waals surface area contributed by atoms with E-state index in [4.69, 9.17) is 0 Å². The van der Waals surface area contributed by atoms with Crippen LogP contribution in [0.3, 0.4) is 0 Å². The normalized spacial score (nSPS) is 25.8. The minimum absolute atomic E-state index is 0.163. The number of fused-ring (bicyclic) bond motifs is 1. The summed E-state index contributed by atoms with van der Waals surface area (Å²) in [7, 11) is -4.04. The Labute approximate surface area is 184 Å². The first-order chi connectivity index (χ1) is 15.2. The number of benzene rings is 1. The zero-order chi connectivity index (χ0) is 22.7. The van der Waals surface area contributed by atoms with Crippen molar-refractivity contribution in [3.05, 3.63) is 71.6 Å². The lowest BCUT2D eigenvalue weighted by atomic mass is 10.0. The minimum Gasteiger partial charge on any atom is -0.292 e. The zero-order valence-corrected chi connectivity index (χ0v) is 18.1. The van der Waals surface area contributed by atoms with E-state index in [1.807, 2.05) is 4.90 Å². The van der Waals surface area contributed by atoms with Crippen LogP contribution in [0.2, 0.25) is 0 Å². The molecule has 0 bridgehead atoms. The third kappa shape index (κ3) is 3.29. The summed E-state index contributed by atoms with van der Waals surface area (Å²) in [6.07, 6.45) is 4.66. The van der Waals surface area contributed by atoms with Crippen molar-refractivity contribution in [3.63, 3.8) is 0 Å². The van der Waals surface area contributed by atoms with E-state index < -0.39 is 44.4 Å². The summed E-state index contributed by atoms with van der Waals surface area (Å²) in [6, 6.07) is 7.72. The number of hydrogen-bond acceptors (Lipinski definition) is 5. The number of hydrogen-bond donors (Lipinski definition) is 1. The van der Waals surface area contributed by atoms with Gasteiger partial charge in [0.05, 0.1) is 17.3 Å². The number of halogens is 2. The van der Waals surface area contributed by atoms with Crippen molar-refractivity contribution in [3.8, 4) is 0 Å². The number of aromatic nitrogens is 2. The highest BCUT2D eigenvalue weighted by atomic mass is 32.2. The Hall–Kier alpha value is -2.85. The molecule has 5 rings (SSSR count). The van der Waals surface area contributed by atoms with Crippen molar-refractivity contribution in [2.45, 2.75) is 43.0 Å². The third-order valence-corrected chi connectivity index (χ3v) is 8.79. The number of pyridine rings is 1. The van der Waals surface area contributed by atoms with E-state index in [0.29, 0.717) is 24.9 Å². The quantitative estimate of drug-likeness (QED) is 0.633. The van der Waals surface area contributed by atoms with Gasteiger partial charge in [0, 0.05) is 23.8 Å². The van der Waals surface area contributed by atoms with Crippen LogP contribution in [0, 0.1) is 11.6 Å². The second-order valence-electron chi connectivity index (χ2n) is 8.62. The highest BCUT2D eigenvalue weighted by molar-refractivity contribution is 7.91. The molecule has 10 heteroatoms. The maximum absolute atomic E-state index is 14.4. The van der Waals surface area contributed by atoms with Gasteiger partial charge in [-0.05, 0) is 63.1 Å². The molecule has 2 aliphatic rings. The van der Waals surface area contributed by atoms with Gasteiger partial charge < -0.3 is 0 Å². The Kier molecular flexibility index (Phi) is 4.82. The first kappa shape index (κ1) is 21.0. The van der Waals surface area contributed by atoms with Gasteiger partial charge in [-0.15, -0.1) is 0 Å². The number of carbonyl (C=O) groups excluding carboxylic acids is 1. The van der Waals surface area contributed by atoms with E-state index in [-0.39, 0.29) is 11.1 Å². The first-order valence-corrected chi connectivity index (χ1v) is 11.9. The van der Waals surface area contributed by atoms with Crippen LogP contribution in [0.5, 0.6) is 0 Å². The van der Waals surface area contributed by atoms with E-state index >= 15 is 0 Å². The first-order valence-electron chi connectivity index (χ1n) is 10.4. The molecule has 1 aromatic carbocycles. The molecule has 32 heavy (non-hydrogen) atoms. The zero-order valence-electron chi connectivity index (χ0n) is 17.3. The fourth-order valence-electron chi connectivity index (χ4n) is 4.75. The summed E-state index contributed by atoms with van der Waals surface area (Å²) < 4.78 is 56.9. The van der Waals surface area contributed by atoms with Crippen LogP contribution in [0.15, 0.2) is 48.8 Å². The van der Waals surface area contributed by atoms with Gasteiger partial charge in [-0.1, -0.05) is 6.07 Å². The molecule has 0 unspecified atom stereocenters. The van der Waals surface area contributed by atoms with E-state index in [9.17, 15) is 22.0 Å². The standard InChI is InChI=1S/C22H22F2N4O3S/c1-22(32(30,31)26-21(29)16-13-25-28-10-3-2-5-19(16)28)12-20(22)27-9-4-6-18(27)15-11-14(23)7-8-17(15)24/h2-3,5,7-8,10-11,13,18,20H,4,6,9,12H2,1H3,(H,26,29)/t18-,20-,22-/m1/s1. The number of likely N-dealkylation sites (tertiary alicyclic amines) is 1. The summed E-state index contributed by atoms with van der Waals surface area (Å²) in [4.78, 5) is 14.7. The molecule has 3 aromatic rings. The lowest BCUT2D eigenvalue weighted by Gasteiger charge is -2.27. The Morgan fingerprint density at radius 3 is 2.88 bits per heavy atom. The second-order valence-corrected chi connectivity index (χ2v) is 10.8. The number of nitrogens with one attached hydrogen (secondary N) is 1. The van der Waals surface area contributed by atoms with Crippen molar-refractivity contribution in [2.24, 2.45) is 0 Å². The van der Waals surface area contributed by atoms with Crippen LogP contribution in [-0.4, -0.2) is 46.2 Å². The minimum atomic E-state index is -4.04. The Morgan fingerprint density at radius 1 is 1.25 bits per heavy atom. The molecule has 0 radical (unpaired) electrons. The molecule has 3 heterocycles. The van der Waals surface area contributed by atoms with Crippen LogP contribution >= 0.6 is 0 Å². The van der Waals surface area contributed by atoms with Crippen molar-refractivity contribution < 1.29 is 22.0 Å². The smallest absolute Gasteiger partial charge is 0.268 e. The number of amides is 1. The SMILES string of the molecule is C[C@@]1(S(=O)(=O)NC(=O)c2cnn3ccccc23)C[C@H]1N1CCC[C@@H]1c1cc(F)ccc1F. The van der Waals surface area contributed by atoms with Gasteiger partial charge in [0.1, 0.15) is 16.4 Å². The van der Waals surface area contributed by atoms with Gasteiger partial charge in [0.25, 0.3) is 5.91 Å². The van der Waals surface area contributed by atoms with Crippen molar-refractivity contribution in [2.75, 3.05) is 6.54 Å². The predicted molar refractivity (Wildman–Crippen MR) is 113 cm³/mol. The molecular weight excluding hydrogens is 438 g/mol. The second kappa shape index (κ2) is 7.35. The fraction of sp³-hybridized carbons (Fsp3) is 0.364. The van der Waals surface area contributed by atoms with Gasteiger partial charge in [-0.25, -0.2) is 26.4 Å². The highest BCUT2D eigenvalue weighted by Crippen LogP contribution is 2.51. The molecule has 1 aliphatic carbocycles. The Balaban J connectivity index is 1.37. The van der Waals surface area contributed by atoms with E-state index in [1.165, 1.54) is 16.8 Å². The molecule has 2 fully saturated rings. The monoisotopic (exact) mass is 460 g/mol. The van der Waals surface area contributed by atoms with E-state index in [1.54, 1.807) is 31.3 Å². The molecule has 1 aliphatic heterocycles. The Bertz CT molecular complexity index is 1330. The molecule has 0 spiro atoms. The molecule has 168 valence electrons. The molecule has 1 N–H and O–H groups in total. The third-order valence-electron chi connectivity index (χ3n) is 6.67. The lowest BCUT2D eigenvalue weighted by Crippen LogP contribution is -2.43. The number of carbonyl (C=O) groups is 1. The van der Waals surface area contributed by atoms with Crippen LogP contribution in [0.4, 0.5) is 8.78 Å². The summed E-state index contributed by atoms with van der Waals surface area (Å²) in [6.45, 7) is 2.17. The van der Waals surface area contributed by atoms with E-state index in [2.05, 4.69) is 9.82 Å². The average molecular weight is 461 g/mol. The van der Waals surface area contributed by atoms with Gasteiger partial charge in [-0.3, -0.25) is 9.69 Å². The molecule has 1 saturated carbocycles. The fourth-order valence-corrected chi connectivity index (χ4v) is 6.21. The molecule has 1 amide bonds. The van der Waals surface area contributed by atoms with E-state index in [0.717, 1.165) is 18.6 Å². The van der Waals surface area contributed by atoms with Gasteiger partial charge in [0.15, 0.2) is 0 Å². The van der Waals surface area contributed by atoms with Crippen LogP contribution < -0.4 is 4.72 Å². The molecule has 2 aromatic heterocycles.